The average molecular weight is 423 g/mol. The van der Waals surface area contributed by atoms with Gasteiger partial charge in [-0.05, 0) is 42.8 Å². The standard InChI is InChI=1S/C20H24Cl2N4S/c1-2-3-4-15-5-7-16(8-6-15)24-20(27)26-11-9-25(10-12-26)19-17(21)13-23-14-18(19)22/h5-8,13-14H,2-4,9-12H2,1H3,(H,24,27). The average Bonchev–Trinajstić information content (AvgIpc) is 2.68. The number of anilines is 2. The summed E-state index contributed by atoms with van der Waals surface area (Å²) >= 11 is 18.1. The highest BCUT2D eigenvalue weighted by Gasteiger charge is 2.22. The Bertz CT molecular complexity index is 754. The van der Waals surface area contributed by atoms with Crippen LogP contribution in [0.2, 0.25) is 10.0 Å². The van der Waals surface area contributed by atoms with E-state index in [1.54, 1.807) is 12.4 Å². The molecule has 27 heavy (non-hydrogen) atoms. The van der Waals surface area contributed by atoms with E-state index < -0.39 is 0 Å². The number of thiocarbonyl (C=S) groups is 1. The third kappa shape index (κ3) is 5.24. The summed E-state index contributed by atoms with van der Waals surface area (Å²) in [5.41, 5.74) is 3.26. The van der Waals surface area contributed by atoms with Gasteiger partial charge in [0.05, 0.1) is 15.7 Å². The van der Waals surface area contributed by atoms with Gasteiger partial charge in [0.25, 0.3) is 0 Å². The predicted octanol–water partition coefficient (Wildman–Crippen LogP) is 5.25. The van der Waals surface area contributed by atoms with Crippen LogP contribution in [-0.4, -0.2) is 41.2 Å². The van der Waals surface area contributed by atoms with Crippen LogP contribution in [0.3, 0.4) is 0 Å². The maximum absolute atomic E-state index is 6.27. The first-order valence-electron chi connectivity index (χ1n) is 9.27. The van der Waals surface area contributed by atoms with Crippen LogP contribution in [0.4, 0.5) is 11.4 Å². The molecule has 1 aromatic carbocycles. The van der Waals surface area contributed by atoms with E-state index in [1.165, 1.54) is 18.4 Å². The Hall–Kier alpha value is -1.56. The molecule has 1 N–H and O–H groups in total. The monoisotopic (exact) mass is 422 g/mol. The molecule has 0 saturated carbocycles. The number of aryl methyl sites for hydroxylation is 1. The number of benzene rings is 1. The van der Waals surface area contributed by atoms with Gasteiger partial charge in [-0.15, -0.1) is 0 Å². The summed E-state index contributed by atoms with van der Waals surface area (Å²) in [6, 6.07) is 8.55. The van der Waals surface area contributed by atoms with Crippen molar-refractivity contribution in [3.05, 3.63) is 52.3 Å². The van der Waals surface area contributed by atoms with Crippen LogP contribution in [0, 0.1) is 0 Å². The van der Waals surface area contributed by atoms with Crippen LogP contribution in [0.25, 0.3) is 0 Å². The third-order valence-corrected chi connectivity index (χ3v) is 5.65. The molecular formula is C20H24Cl2N4S. The number of unbranched alkanes of at least 4 members (excludes halogenated alkanes) is 1. The Kier molecular flexibility index (Phi) is 7.16. The number of piperazine rings is 1. The highest BCUT2D eigenvalue weighted by atomic mass is 35.5. The van der Waals surface area contributed by atoms with Gasteiger partial charge in [-0.2, -0.15) is 0 Å². The van der Waals surface area contributed by atoms with Gasteiger partial charge in [0.1, 0.15) is 0 Å². The minimum Gasteiger partial charge on any atom is -0.365 e. The quantitative estimate of drug-likeness (QED) is 0.664. The number of nitrogens with zero attached hydrogens (tertiary/aromatic N) is 3. The summed E-state index contributed by atoms with van der Waals surface area (Å²) in [6.07, 6.45) is 6.83. The van der Waals surface area contributed by atoms with Crippen molar-refractivity contribution in [2.75, 3.05) is 36.4 Å². The van der Waals surface area contributed by atoms with Crippen molar-refractivity contribution in [2.45, 2.75) is 26.2 Å². The lowest BCUT2D eigenvalue weighted by atomic mass is 10.1. The molecule has 144 valence electrons. The fourth-order valence-electron chi connectivity index (χ4n) is 3.18. The summed E-state index contributed by atoms with van der Waals surface area (Å²) in [5.74, 6) is 0. The Balaban J connectivity index is 1.54. The molecule has 0 bridgehead atoms. The van der Waals surface area contributed by atoms with Crippen LogP contribution < -0.4 is 10.2 Å². The molecule has 1 aliphatic heterocycles. The Morgan fingerprint density at radius 1 is 1.07 bits per heavy atom. The molecule has 1 aromatic heterocycles. The topological polar surface area (TPSA) is 31.4 Å². The van der Waals surface area contributed by atoms with E-state index in [4.69, 9.17) is 35.4 Å². The molecule has 0 atom stereocenters. The molecule has 0 aliphatic carbocycles. The molecule has 0 radical (unpaired) electrons. The summed E-state index contributed by atoms with van der Waals surface area (Å²) in [7, 11) is 0. The Labute approximate surface area is 176 Å². The molecule has 7 heteroatoms. The van der Waals surface area contributed by atoms with Gasteiger partial charge in [0.2, 0.25) is 0 Å². The van der Waals surface area contributed by atoms with Gasteiger partial charge >= 0.3 is 0 Å². The second-order valence-electron chi connectivity index (χ2n) is 6.66. The molecule has 4 nitrogen and oxygen atoms in total. The van der Waals surface area contributed by atoms with Crippen LogP contribution >= 0.6 is 35.4 Å². The van der Waals surface area contributed by atoms with Gasteiger partial charge in [-0.25, -0.2) is 0 Å². The van der Waals surface area contributed by atoms with E-state index in [2.05, 4.69) is 51.3 Å². The molecule has 1 fully saturated rings. The summed E-state index contributed by atoms with van der Waals surface area (Å²) in [5, 5.41) is 5.27. The Morgan fingerprint density at radius 3 is 2.30 bits per heavy atom. The molecule has 2 aromatic rings. The lowest BCUT2D eigenvalue weighted by Crippen LogP contribution is -2.50. The van der Waals surface area contributed by atoms with E-state index in [0.29, 0.717) is 10.0 Å². The van der Waals surface area contributed by atoms with Gasteiger partial charge in [0, 0.05) is 44.3 Å². The second kappa shape index (κ2) is 9.58. The maximum atomic E-state index is 6.27. The van der Waals surface area contributed by atoms with Crippen molar-refractivity contribution in [1.82, 2.24) is 9.88 Å². The molecule has 2 heterocycles. The highest BCUT2D eigenvalue weighted by Crippen LogP contribution is 2.33. The van der Waals surface area contributed by atoms with Crippen molar-refractivity contribution in [3.63, 3.8) is 0 Å². The first-order chi connectivity index (χ1) is 13.1. The fourth-order valence-corrected chi connectivity index (χ4v) is 4.08. The number of rotatable bonds is 5. The number of pyridine rings is 1. The zero-order chi connectivity index (χ0) is 19.2. The van der Waals surface area contributed by atoms with Gasteiger partial charge in [-0.1, -0.05) is 48.7 Å². The fraction of sp³-hybridized carbons (Fsp3) is 0.400. The van der Waals surface area contributed by atoms with Crippen molar-refractivity contribution in [3.8, 4) is 0 Å². The van der Waals surface area contributed by atoms with E-state index in [9.17, 15) is 0 Å². The smallest absolute Gasteiger partial charge is 0.173 e. The van der Waals surface area contributed by atoms with E-state index in [0.717, 1.165) is 49.1 Å². The van der Waals surface area contributed by atoms with Crippen LogP contribution in [0.15, 0.2) is 36.7 Å². The normalized spacial score (nSPS) is 14.3. The lowest BCUT2D eigenvalue weighted by molar-refractivity contribution is 0.391. The first-order valence-corrected chi connectivity index (χ1v) is 10.4. The minimum absolute atomic E-state index is 0.583. The van der Waals surface area contributed by atoms with Gasteiger partial charge in [0.15, 0.2) is 5.11 Å². The van der Waals surface area contributed by atoms with Gasteiger partial charge < -0.3 is 15.1 Å². The van der Waals surface area contributed by atoms with Gasteiger partial charge in [-0.3, -0.25) is 4.98 Å². The van der Waals surface area contributed by atoms with Crippen molar-refractivity contribution < 1.29 is 0 Å². The number of hydrogen-bond donors (Lipinski definition) is 1. The van der Waals surface area contributed by atoms with E-state index in [-0.39, 0.29) is 0 Å². The predicted molar refractivity (Wildman–Crippen MR) is 119 cm³/mol. The molecule has 0 amide bonds. The van der Waals surface area contributed by atoms with E-state index >= 15 is 0 Å². The molecular weight excluding hydrogens is 399 g/mol. The first kappa shape index (κ1) is 20.2. The molecule has 0 spiro atoms. The SMILES string of the molecule is CCCCc1ccc(NC(=S)N2CCN(c3c(Cl)cncc3Cl)CC2)cc1. The van der Waals surface area contributed by atoms with Crippen molar-refractivity contribution in [2.24, 2.45) is 0 Å². The lowest BCUT2D eigenvalue weighted by Gasteiger charge is -2.38. The molecule has 1 saturated heterocycles. The Morgan fingerprint density at radius 2 is 1.70 bits per heavy atom. The zero-order valence-corrected chi connectivity index (χ0v) is 17.7. The van der Waals surface area contributed by atoms with Crippen LogP contribution in [0.5, 0.6) is 0 Å². The number of aromatic nitrogens is 1. The van der Waals surface area contributed by atoms with Crippen molar-refractivity contribution >= 4 is 51.9 Å². The second-order valence-corrected chi connectivity index (χ2v) is 7.86. The summed E-state index contributed by atoms with van der Waals surface area (Å²) < 4.78 is 0. The number of hydrogen-bond acceptors (Lipinski definition) is 3. The maximum Gasteiger partial charge on any atom is 0.173 e. The highest BCUT2D eigenvalue weighted by molar-refractivity contribution is 7.80. The molecule has 0 unspecified atom stereocenters. The van der Waals surface area contributed by atoms with Crippen molar-refractivity contribution in [1.29, 1.82) is 0 Å². The van der Waals surface area contributed by atoms with Crippen LogP contribution in [-0.2, 0) is 6.42 Å². The molecule has 1 aliphatic rings. The summed E-state index contributed by atoms with van der Waals surface area (Å²) in [4.78, 5) is 8.39. The van der Waals surface area contributed by atoms with Crippen LogP contribution in [0.1, 0.15) is 25.3 Å². The number of nitrogens with one attached hydrogen (secondary N) is 1. The zero-order valence-electron chi connectivity index (χ0n) is 15.4. The third-order valence-electron chi connectivity index (χ3n) is 4.74. The number of halogens is 2. The minimum atomic E-state index is 0.583. The van der Waals surface area contributed by atoms with E-state index in [1.807, 2.05) is 0 Å². The largest absolute Gasteiger partial charge is 0.365 e. The molecule has 3 rings (SSSR count). The summed E-state index contributed by atoms with van der Waals surface area (Å²) in [6.45, 7) is 5.46.